The number of rotatable bonds is 2. The van der Waals surface area contributed by atoms with Gasteiger partial charge in [0.15, 0.2) is 5.75 Å². The van der Waals surface area contributed by atoms with Gasteiger partial charge in [0.25, 0.3) is 5.91 Å². The van der Waals surface area contributed by atoms with Crippen LogP contribution in [-0.2, 0) is 0 Å². The molecule has 0 aliphatic rings. The van der Waals surface area contributed by atoms with Crippen LogP contribution in [0.2, 0.25) is 0 Å². The highest BCUT2D eigenvalue weighted by Gasteiger charge is 2.23. The van der Waals surface area contributed by atoms with Crippen LogP contribution in [0.5, 0.6) is 5.75 Å². The molecule has 0 radical (unpaired) electrons. The van der Waals surface area contributed by atoms with Crippen molar-refractivity contribution >= 4 is 11.6 Å². The Bertz CT molecular complexity index is 478. The Kier molecular flexibility index (Phi) is 2.85. The van der Waals surface area contributed by atoms with Gasteiger partial charge in [-0.25, -0.2) is 0 Å². The van der Waals surface area contributed by atoms with Gasteiger partial charge in [-0.2, -0.15) is 0 Å². The minimum Gasteiger partial charge on any atom is -0.502 e. The summed E-state index contributed by atoms with van der Waals surface area (Å²) in [6.07, 6.45) is 0. The SMILES string of the molecule is [N-]=[N+]=NC(=O)c1cccc(O)c1[N+](=O)[O-]. The fraction of sp³-hybridized carbons (Fsp3) is 0. The normalized spacial score (nSPS) is 9.07. The highest BCUT2D eigenvalue weighted by Crippen LogP contribution is 2.29. The maximum Gasteiger partial charge on any atom is 0.321 e. The maximum absolute atomic E-state index is 11.1. The molecule has 8 heteroatoms. The molecule has 0 atom stereocenters. The first-order chi connectivity index (χ1) is 7.07. The smallest absolute Gasteiger partial charge is 0.321 e. The van der Waals surface area contributed by atoms with E-state index >= 15 is 0 Å². The Balaban J connectivity index is 3.41. The zero-order chi connectivity index (χ0) is 11.4. The van der Waals surface area contributed by atoms with Crippen molar-refractivity contribution in [3.8, 4) is 5.75 Å². The van der Waals surface area contributed by atoms with Crippen LogP contribution in [0, 0.1) is 10.1 Å². The molecule has 0 saturated carbocycles. The van der Waals surface area contributed by atoms with Crippen LogP contribution in [0.15, 0.2) is 23.3 Å². The molecule has 1 amide bonds. The van der Waals surface area contributed by atoms with Gasteiger partial charge in [-0.15, -0.1) is 0 Å². The second-order valence-electron chi connectivity index (χ2n) is 2.43. The Hall–Kier alpha value is -2.60. The molecule has 0 saturated heterocycles. The van der Waals surface area contributed by atoms with Crippen LogP contribution >= 0.6 is 0 Å². The van der Waals surface area contributed by atoms with Crippen LogP contribution in [0.25, 0.3) is 10.4 Å². The highest BCUT2D eigenvalue weighted by molar-refractivity contribution is 5.99. The maximum atomic E-state index is 11.1. The van der Waals surface area contributed by atoms with Crippen molar-refractivity contribution < 1.29 is 14.8 Å². The molecular weight excluding hydrogens is 204 g/mol. The van der Waals surface area contributed by atoms with Crippen LogP contribution in [0.4, 0.5) is 5.69 Å². The third kappa shape index (κ3) is 2.01. The summed E-state index contributed by atoms with van der Waals surface area (Å²) < 4.78 is 0. The minimum atomic E-state index is -1.11. The molecule has 1 rings (SSSR count). The van der Waals surface area contributed by atoms with E-state index in [9.17, 15) is 14.9 Å². The molecule has 0 fully saturated rings. The molecule has 0 aliphatic heterocycles. The van der Waals surface area contributed by atoms with Gasteiger partial charge in [0, 0.05) is 4.91 Å². The average molecular weight is 208 g/mol. The van der Waals surface area contributed by atoms with E-state index in [2.05, 4.69) is 10.0 Å². The lowest BCUT2D eigenvalue weighted by Crippen LogP contribution is -2.00. The summed E-state index contributed by atoms with van der Waals surface area (Å²) in [6.45, 7) is 0. The number of azide groups is 1. The number of hydrogen-bond donors (Lipinski definition) is 1. The first kappa shape index (κ1) is 10.5. The van der Waals surface area contributed by atoms with Gasteiger partial charge in [0.05, 0.1) is 4.92 Å². The number of amides is 1. The Morgan fingerprint density at radius 3 is 2.80 bits per heavy atom. The van der Waals surface area contributed by atoms with Gasteiger partial charge in [0.2, 0.25) is 0 Å². The molecule has 8 nitrogen and oxygen atoms in total. The van der Waals surface area contributed by atoms with E-state index in [-0.39, 0.29) is 0 Å². The van der Waals surface area contributed by atoms with Crippen LogP contribution in [0.1, 0.15) is 10.4 Å². The van der Waals surface area contributed by atoms with E-state index < -0.39 is 27.8 Å². The van der Waals surface area contributed by atoms with E-state index in [0.717, 1.165) is 12.1 Å². The van der Waals surface area contributed by atoms with Gasteiger partial charge in [-0.3, -0.25) is 14.9 Å². The van der Waals surface area contributed by atoms with Gasteiger partial charge >= 0.3 is 5.69 Å². The number of para-hydroxylation sites is 1. The molecule has 1 aromatic rings. The van der Waals surface area contributed by atoms with E-state index in [1.165, 1.54) is 6.07 Å². The molecular formula is C7H4N4O4. The Labute approximate surface area is 82.5 Å². The second-order valence-corrected chi connectivity index (χ2v) is 2.43. The summed E-state index contributed by atoms with van der Waals surface area (Å²) in [4.78, 5) is 22.9. The summed E-state index contributed by atoms with van der Waals surface area (Å²) in [5, 5.41) is 22.4. The monoisotopic (exact) mass is 208 g/mol. The first-order valence-corrected chi connectivity index (χ1v) is 3.63. The summed E-state index contributed by atoms with van der Waals surface area (Å²) >= 11 is 0. The van der Waals surface area contributed by atoms with Crippen molar-refractivity contribution in [1.29, 1.82) is 0 Å². The summed E-state index contributed by atoms with van der Waals surface area (Å²) in [5.74, 6) is -1.76. The number of phenolic OH excluding ortho intramolecular Hbond substituents is 1. The van der Waals surface area contributed by atoms with Crippen molar-refractivity contribution in [1.82, 2.24) is 0 Å². The minimum absolute atomic E-state index is 0.446. The fourth-order valence-corrected chi connectivity index (χ4v) is 0.990. The van der Waals surface area contributed by atoms with Gasteiger partial charge in [0.1, 0.15) is 5.56 Å². The topological polar surface area (TPSA) is 129 Å². The molecule has 0 aromatic heterocycles. The van der Waals surface area contributed by atoms with Crippen LogP contribution in [0.3, 0.4) is 0 Å². The van der Waals surface area contributed by atoms with Crippen molar-refractivity contribution in [3.05, 3.63) is 44.3 Å². The van der Waals surface area contributed by atoms with Crippen molar-refractivity contribution in [2.45, 2.75) is 0 Å². The number of nitrogens with zero attached hydrogens (tertiary/aromatic N) is 4. The zero-order valence-electron chi connectivity index (χ0n) is 7.19. The molecule has 0 bridgehead atoms. The number of carbonyl (C=O) groups excluding carboxylic acids is 1. The van der Waals surface area contributed by atoms with Crippen LogP contribution < -0.4 is 0 Å². The van der Waals surface area contributed by atoms with E-state index in [4.69, 9.17) is 10.6 Å². The third-order valence-electron chi connectivity index (χ3n) is 1.56. The molecule has 1 N–H and O–H groups in total. The summed E-state index contributed by atoms with van der Waals surface area (Å²) in [5.41, 5.74) is 6.79. The number of aromatic hydroxyl groups is 1. The number of nitro groups is 1. The van der Waals surface area contributed by atoms with Crippen molar-refractivity contribution in [3.63, 3.8) is 0 Å². The predicted molar refractivity (Wildman–Crippen MR) is 48.2 cm³/mol. The lowest BCUT2D eigenvalue weighted by molar-refractivity contribution is -0.386. The third-order valence-corrected chi connectivity index (χ3v) is 1.56. The Morgan fingerprint density at radius 1 is 1.60 bits per heavy atom. The van der Waals surface area contributed by atoms with Gasteiger partial charge < -0.3 is 5.11 Å². The molecule has 0 spiro atoms. The van der Waals surface area contributed by atoms with E-state index in [1.54, 1.807) is 0 Å². The second kappa shape index (κ2) is 4.07. The quantitative estimate of drug-likeness (QED) is 0.261. The number of hydrogen-bond acceptors (Lipinski definition) is 4. The summed E-state index contributed by atoms with van der Waals surface area (Å²) in [7, 11) is 0. The molecule has 0 heterocycles. The molecule has 15 heavy (non-hydrogen) atoms. The van der Waals surface area contributed by atoms with Crippen molar-refractivity contribution in [2.24, 2.45) is 5.11 Å². The van der Waals surface area contributed by atoms with E-state index in [1.807, 2.05) is 0 Å². The van der Waals surface area contributed by atoms with Crippen molar-refractivity contribution in [2.75, 3.05) is 0 Å². The molecule has 76 valence electrons. The fourth-order valence-electron chi connectivity index (χ4n) is 0.990. The first-order valence-electron chi connectivity index (χ1n) is 3.63. The molecule has 0 unspecified atom stereocenters. The summed E-state index contributed by atoms with van der Waals surface area (Å²) in [6, 6.07) is 3.39. The number of carbonyl (C=O) groups is 1. The standard InChI is InChI=1S/C7H4N4O4/c8-10-9-7(13)4-2-1-3-5(12)6(4)11(14)15/h1-3,12H. The largest absolute Gasteiger partial charge is 0.502 e. The average Bonchev–Trinajstić information content (AvgIpc) is 2.17. The number of phenols is 1. The molecule has 0 aliphatic carbocycles. The predicted octanol–water partition coefficient (Wildman–Crippen LogP) is 1.75. The number of nitro benzene ring substituents is 1. The zero-order valence-corrected chi connectivity index (χ0v) is 7.19. The lowest BCUT2D eigenvalue weighted by atomic mass is 10.1. The van der Waals surface area contributed by atoms with Gasteiger partial charge in [-0.1, -0.05) is 6.07 Å². The molecule has 1 aromatic carbocycles. The Morgan fingerprint density at radius 2 is 2.27 bits per heavy atom. The highest BCUT2D eigenvalue weighted by atomic mass is 16.6. The lowest BCUT2D eigenvalue weighted by Gasteiger charge is -1.99. The van der Waals surface area contributed by atoms with Crippen LogP contribution in [-0.4, -0.2) is 15.9 Å². The van der Waals surface area contributed by atoms with E-state index in [0.29, 0.717) is 0 Å². The van der Waals surface area contributed by atoms with Gasteiger partial charge in [-0.05, 0) is 22.8 Å². The number of benzene rings is 1.